The van der Waals surface area contributed by atoms with Gasteiger partial charge in [-0.05, 0) is 36.9 Å². The summed E-state index contributed by atoms with van der Waals surface area (Å²) in [6.07, 6.45) is 0.835. The normalized spacial score (nSPS) is 21.2. The summed E-state index contributed by atoms with van der Waals surface area (Å²) in [5, 5.41) is 19.5. The number of benzene rings is 1. The number of likely N-dealkylation sites (tertiary alicyclic amines) is 1. The van der Waals surface area contributed by atoms with Gasteiger partial charge < -0.3 is 10.1 Å². The van der Waals surface area contributed by atoms with Gasteiger partial charge in [-0.1, -0.05) is 0 Å². The van der Waals surface area contributed by atoms with Crippen LogP contribution in [0.25, 0.3) is 0 Å². The third-order valence-electron chi connectivity index (χ3n) is 4.73. The van der Waals surface area contributed by atoms with E-state index in [0.717, 1.165) is 25.2 Å². The maximum Gasteiger partial charge on any atom is 0.293 e. The van der Waals surface area contributed by atoms with E-state index < -0.39 is 10.6 Å². The van der Waals surface area contributed by atoms with Gasteiger partial charge in [-0.15, -0.1) is 0 Å². The number of hydrogen-bond acceptors (Lipinski definition) is 7. The second-order valence-corrected chi connectivity index (χ2v) is 6.99. The topological polar surface area (TPSA) is 93.7 Å². The van der Waals surface area contributed by atoms with Gasteiger partial charge >= 0.3 is 0 Å². The van der Waals surface area contributed by atoms with Crippen molar-refractivity contribution in [1.82, 2.24) is 4.90 Å². The van der Waals surface area contributed by atoms with Gasteiger partial charge in [0.1, 0.15) is 11.4 Å². The number of nitro benzene ring substituents is 1. The minimum Gasteiger partial charge on any atom is -0.378 e. The summed E-state index contributed by atoms with van der Waals surface area (Å²) < 4.78 is 20.2. The van der Waals surface area contributed by atoms with E-state index in [1.807, 2.05) is 0 Å². The quantitative estimate of drug-likeness (QED) is 0.458. The van der Waals surface area contributed by atoms with Crippen LogP contribution in [0.2, 0.25) is 0 Å². The predicted molar refractivity (Wildman–Crippen MR) is 90.9 cm³/mol. The highest BCUT2D eigenvalue weighted by Gasteiger charge is 2.38. The maximum atomic E-state index is 15.0. The van der Waals surface area contributed by atoms with Crippen molar-refractivity contribution in [2.45, 2.75) is 29.4 Å². The predicted octanol–water partition coefficient (Wildman–Crippen LogP) is 2.18. The summed E-state index contributed by atoms with van der Waals surface area (Å²) in [6, 6.07) is 5.09. The second-order valence-electron chi connectivity index (χ2n) is 6.29. The zero-order valence-electron chi connectivity index (χ0n) is 13.2. The molecule has 132 valence electrons. The van der Waals surface area contributed by atoms with Crippen molar-refractivity contribution in [3.63, 3.8) is 0 Å². The van der Waals surface area contributed by atoms with Gasteiger partial charge in [0.05, 0.1) is 24.2 Å². The van der Waals surface area contributed by atoms with Crippen molar-refractivity contribution in [2.24, 2.45) is 5.14 Å². The van der Waals surface area contributed by atoms with Crippen LogP contribution in [0, 0.1) is 10.1 Å². The van der Waals surface area contributed by atoms with E-state index in [1.165, 1.54) is 6.07 Å². The van der Waals surface area contributed by atoms with Crippen molar-refractivity contribution in [1.29, 1.82) is 0 Å². The Labute approximate surface area is 144 Å². The summed E-state index contributed by atoms with van der Waals surface area (Å²) >= 11 is 0.943. The first-order chi connectivity index (χ1) is 11.5. The molecule has 0 unspecified atom stereocenters. The molecule has 24 heavy (non-hydrogen) atoms. The molecule has 9 heteroatoms. The first kappa shape index (κ1) is 17.4. The molecule has 2 heterocycles. The summed E-state index contributed by atoms with van der Waals surface area (Å²) in [5.74, 6) is 0. The van der Waals surface area contributed by atoms with E-state index in [2.05, 4.69) is 10.2 Å². The van der Waals surface area contributed by atoms with Gasteiger partial charge in [-0.3, -0.25) is 20.2 Å². The largest absolute Gasteiger partial charge is 0.378 e. The number of nitro groups is 1. The van der Waals surface area contributed by atoms with E-state index >= 15 is 0 Å². The minimum absolute atomic E-state index is 0.0674. The van der Waals surface area contributed by atoms with Crippen molar-refractivity contribution < 1.29 is 14.1 Å². The number of ether oxygens (including phenoxy) is 1. The van der Waals surface area contributed by atoms with Crippen LogP contribution in [-0.2, 0) is 4.74 Å². The zero-order chi connectivity index (χ0) is 17.2. The van der Waals surface area contributed by atoms with Crippen LogP contribution in [0.3, 0.4) is 0 Å². The Balaban J connectivity index is 1.60. The molecule has 0 amide bonds. The molecule has 2 aliphatic rings. The number of halogens is 1. The molecule has 2 saturated heterocycles. The van der Waals surface area contributed by atoms with Gasteiger partial charge in [0, 0.05) is 30.6 Å². The van der Waals surface area contributed by atoms with Crippen molar-refractivity contribution in [2.75, 3.05) is 38.2 Å². The maximum absolute atomic E-state index is 15.0. The number of piperidine rings is 1. The van der Waals surface area contributed by atoms with E-state index in [0.29, 0.717) is 42.6 Å². The van der Waals surface area contributed by atoms with E-state index in [1.54, 1.807) is 12.1 Å². The molecule has 2 fully saturated rings. The van der Waals surface area contributed by atoms with Crippen LogP contribution in [0.5, 0.6) is 0 Å². The lowest BCUT2D eigenvalue weighted by Gasteiger charge is -2.43. The lowest BCUT2D eigenvalue weighted by atomic mass is 9.92. The monoisotopic (exact) mass is 356 g/mol. The highest BCUT2D eigenvalue weighted by atomic mass is 32.2. The standard InChI is InChI=1S/C15H21FN4O3S/c16-15(3-5-19(6-4-15)11-8-23-9-11)10-18-13-2-1-12(24-17)7-14(13)20(21)22/h1-2,7,11,18H,3-6,8-10,17H2. The number of nitrogens with two attached hydrogens (primary N) is 1. The highest BCUT2D eigenvalue weighted by molar-refractivity contribution is 7.97. The minimum atomic E-state index is -1.35. The van der Waals surface area contributed by atoms with Crippen LogP contribution in [-0.4, -0.2) is 54.4 Å². The summed E-state index contributed by atoms with van der Waals surface area (Å²) in [4.78, 5) is 13.6. The molecule has 0 aromatic heterocycles. The van der Waals surface area contributed by atoms with Crippen molar-refractivity contribution in [3.05, 3.63) is 28.3 Å². The van der Waals surface area contributed by atoms with Crippen LogP contribution >= 0.6 is 11.9 Å². The molecule has 3 N–H and O–H groups in total. The van der Waals surface area contributed by atoms with Crippen LogP contribution in [0.4, 0.5) is 15.8 Å². The fourth-order valence-electron chi connectivity index (χ4n) is 3.04. The van der Waals surface area contributed by atoms with Gasteiger partial charge in [0.15, 0.2) is 0 Å². The van der Waals surface area contributed by atoms with Crippen molar-refractivity contribution >= 4 is 23.3 Å². The van der Waals surface area contributed by atoms with Gasteiger partial charge in [-0.2, -0.15) is 0 Å². The number of rotatable bonds is 6. The van der Waals surface area contributed by atoms with Gasteiger partial charge in [0.25, 0.3) is 5.69 Å². The first-order valence-corrected chi connectivity index (χ1v) is 8.78. The van der Waals surface area contributed by atoms with Crippen LogP contribution < -0.4 is 10.5 Å². The molecule has 7 nitrogen and oxygen atoms in total. The Morgan fingerprint density at radius 3 is 2.71 bits per heavy atom. The zero-order valence-corrected chi connectivity index (χ0v) is 14.1. The Bertz CT molecular complexity index is 606. The molecule has 0 bridgehead atoms. The molecular formula is C15H21FN4O3S. The first-order valence-electron chi connectivity index (χ1n) is 7.90. The Morgan fingerprint density at radius 2 is 2.17 bits per heavy atom. The van der Waals surface area contributed by atoms with Crippen LogP contribution in [0.1, 0.15) is 12.8 Å². The molecule has 0 spiro atoms. The molecule has 0 atom stereocenters. The molecular weight excluding hydrogens is 335 g/mol. The summed E-state index contributed by atoms with van der Waals surface area (Å²) in [5.41, 5.74) is -1.11. The Hall–Kier alpha value is -1.42. The average Bonchev–Trinajstić information content (AvgIpc) is 2.53. The number of anilines is 1. The second kappa shape index (κ2) is 7.22. The summed E-state index contributed by atoms with van der Waals surface area (Å²) in [7, 11) is 0. The third kappa shape index (κ3) is 3.80. The molecule has 1 aromatic carbocycles. The molecule has 0 aliphatic carbocycles. The molecule has 0 saturated carbocycles. The molecule has 3 rings (SSSR count). The van der Waals surface area contributed by atoms with Gasteiger partial charge in [-0.25, -0.2) is 4.39 Å². The summed E-state index contributed by atoms with van der Waals surface area (Å²) in [6.45, 7) is 2.91. The fraction of sp³-hybridized carbons (Fsp3) is 0.600. The molecule has 1 aromatic rings. The highest BCUT2D eigenvalue weighted by Crippen LogP contribution is 2.32. The SMILES string of the molecule is NSc1ccc(NCC2(F)CCN(C3COC3)CC2)c([N+](=O)[O-])c1. The molecule has 2 aliphatic heterocycles. The third-order valence-corrected chi connectivity index (χ3v) is 5.25. The Morgan fingerprint density at radius 1 is 1.46 bits per heavy atom. The van der Waals surface area contributed by atoms with E-state index in [4.69, 9.17) is 9.88 Å². The van der Waals surface area contributed by atoms with E-state index in [-0.39, 0.29) is 12.2 Å². The number of nitrogens with one attached hydrogen (secondary N) is 1. The lowest BCUT2D eigenvalue weighted by molar-refractivity contribution is -0.384. The lowest BCUT2D eigenvalue weighted by Crippen LogP contribution is -2.55. The number of hydrogen-bond donors (Lipinski definition) is 2. The molecule has 0 radical (unpaired) electrons. The van der Waals surface area contributed by atoms with Crippen molar-refractivity contribution in [3.8, 4) is 0 Å². The number of nitrogens with zero attached hydrogens (tertiary/aromatic N) is 2. The van der Waals surface area contributed by atoms with E-state index in [9.17, 15) is 14.5 Å². The van der Waals surface area contributed by atoms with Crippen LogP contribution in [0.15, 0.2) is 23.1 Å². The Kier molecular flexibility index (Phi) is 5.24. The van der Waals surface area contributed by atoms with Gasteiger partial charge in [0.2, 0.25) is 0 Å². The fourth-order valence-corrected chi connectivity index (χ4v) is 3.37. The smallest absolute Gasteiger partial charge is 0.293 e. The average molecular weight is 356 g/mol. The number of alkyl halides is 1.